The van der Waals surface area contributed by atoms with Crippen molar-refractivity contribution in [2.24, 2.45) is 0 Å². The van der Waals surface area contributed by atoms with E-state index in [0.717, 1.165) is 4.90 Å². The summed E-state index contributed by atoms with van der Waals surface area (Å²) < 4.78 is 0. The van der Waals surface area contributed by atoms with Crippen LogP contribution in [0.15, 0.2) is 24.4 Å². The van der Waals surface area contributed by atoms with Crippen LogP contribution >= 0.6 is 0 Å². The van der Waals surface area contributed by atoms with Crippen LogP contribution in [-0.2, 0) is 9.59 Å². The van der Waals surface area contributed by atoms with Gasteiger partial charge in [-0.25, -0.2) is 4.90 Å². The Balaban J connectivity index is 2.82. The van der Waals surface area contributed by atoms with Gasteiger partial charge in [-0.05, 0) is 6.42 Å². The molecular formula is C8H9NO2. The van der Waals surface area contributed by atoms with Crippen molar-refractivity contribution in [2.75, 3.05) is 0 Å². The summed E-state index contributed by atoms with van der Waals surface area (Å²) in [7, 11) is 0. The highest BCUT2D eigenvalue weighted by Gasteiger charge is 2.24. The molecule has 11 heavy (non-hydrogen) atoms. The summed E-state index contributed by atoms with van der Waals surface area (Å²) in [5, 5.41) is 0. The predicted octanol–water partition coefficient (Wildman–Crippen LogP) is 0.835. The van der Waals surface area contributed by atoms with Gasteiger partial charge in [0.15, 0.2) is 0 Å². The maximum absolute atomic E-state index is 10.9. The average molecular weight is 151 g/mol. The molecule has 0 bridgehead atoms. The van der Waals surface area contributed by atoms with Gasteiger partial charge >= 0.3 is 0 Å². The number of allylic oxidation sites excluding steroid dienone is 1. The molecule has 0 N–H and O–H groups in total. The molecule has 0 radical (unpaired) electrons. The maximum Gasteiger partial charge on any atom is 0.257 e. The fourth-order valence-corrected chi connectivity index (χ4v) is 0.870. The lowest BCUT2D eigenvalue weighted by Gasteiger charge is -2.14. The Kier molecular flexibility index (Phi) is 1.89. The van der Waals surface area contributed by atoms with E-state index in [1.807, 2.05) is 6.92 Å². The van der Waals surface area contributed by atoms with E-state index in [2.05, 4.69) is 6.58 Å². The first-order valence-electron chi connectivity index (χ1n) is 3.40. The molecule has 0 spiro atoms. The van der Waals surface area contributed by atoms with Gasteiger partial charge in [-0.3, -0.25) is 9.59 Å². The zero-order chi connectivity index (χ0) is 8.43. The van der Waals surface area contributed by atoms with Crippen molar-refractivity contribution in [3.05, 3.63) is 24.4 Å². The smallest absolute Gasteiger partial charge is 0.257 e. The molecular weight excluding hydrogens is 142 g/mol. The summed E-state index contributed by atoms with van der Waals surface area (Å²) in [5.41, 5.74) is 0.546. The van der Waals surface area contributed by atoms with Gasteiger partial charge in [0, 0.05) is 17.8 Å². The van der Waals surface area contributed by atoms with Gasteiger partial charge in [0.25, 0.3) is 11.8 Å². The molecule has 1 heterocycles. The second-order valence-corrected chi connectivity index (χ2v) is 2.27. The van der Waals surface area contributed by atoms with Crippen LogP contribution in [0.4, 0.5) is 0 Å². The summed E-state index contributed by atoms with van der Waals surface area (Å²) in [6, 6.07) is 0. The molecule has 1 rings (SSSR count). The lowest BCUT2D eigenvalue weighted by Crippen LogP contribution is -2.28. The van der Waals surface area contributed by atoms with Gasteiger partial charge in [-0.2, -0.15) is 0 Å². The molecule has 3 nitrogen and oxygen atoms in total. The topological polar surface area (TPSA) is 37.4 Å². The quantitative estimate of drug-likeness (QED) is 0.548. The van der Waals surface area contributed by atoms with Crippen LogP contribution in [0.25, 0.3) is 0 Å². The first-order chi connectivity index (χ1) is 5.16. The van der Waals surface area contributed by atoms with Crippen LogP contribution in [-0.4, -0.2) is 16.7 Å². The number of hydrogen-bond acceptors (Lipinski definition) is 2. The Morgan fingerprint density at radius 3 is 2.27 bits per heavy atom. The second kappa shape index (κ2) is 2.70. The van der Waals surface area contributed by atoms with E-state index in [9.17, 15) is 9.59 Å². The molecule has 1 aliphatic rings. The van der Waals surface area contributed by atoms with Gasteiger partial charge in [0.2, 0.25) is 0 Å². The van der Waals surface area contributed by atoms with Crippen molar-refractivity contribution in [2.45, 2.75) is 13.3 Å². The van der Waals surface area contributed by atoms with E-state index in [1.54, 1.807) is 0 Å². The zero-order valence-electron chi connectivity index (χ0n) is 6.33. The molecule has 0 aromatic carbocycles. The number of carbonyl (C=O) groups excluding carboxylic acids is 2. The lowest BCUT2D eigenvalue weighted by atomic mass is 10.3. The average Bonchev–Trinajstić information content (AvgIpc) is 2.30. The molecule has 0 aromatic heterocycles. The first kappa shape index (κ1) is 7.72. The predicted molar refractivity (Wildman–Crippen MR) is 40.4 cm³/mol. The summed E-state index contributed by atoms with van der Waals surface area (Å²) in [6.07, 6.45) is 3.12. The van der Waals surface area contributed by atoms with E-state index in [1.165, 1.54) is 12.2 Å². The monoisotopic (exact) mass is 151 g/mol. The summed E-state index contributed by atoms with van der Waals surface area (Å²) in [4.78, 5) is 23.0. The molecule has 0 atom stereocenters. The van der Waals surface area contributed by atoms with Crippen molar-refractivity contribution in [1.29, 1.82) is 0 Å². The summed E-state index contributed by atoms with van der Waals surface area (Å²) >= 11 is 0. The van der Waals surface area contributed by atoms with Crippen LogP contribution in [0.2, 0.25) is 0 Å². The van der Waals surface area contributed by atoms with E-state index in [0.29, 0.717) is 12.1 Å². The minimum atomic E-state index is -0.290. The van der Waals surface area contributed by atoms with Gasteiger partial charge in [-0.1, -0.05) is 13.5 Å². The fraction of sp³-hybridized carbons (Fsp3) is 0.250. The number of imide groups is 1. The van der Waals surface area contributed by atoms with Crippen LogP contribution in [0.5, 0.6) is 0 Å². The van der Waals surface area contributed by atoms with Crippen LogP contribution < -0.4 is 0 Å². The lowest BCUT2D eigenvalue weighted by molar-refractivity contribution is -0.134. The van der Waals surface area contributed by atoms with Crippen molar-refractivity contribution >= 4 is 11.8 Å². The molecule has 3 heteroatoms. The van der Waals surface area contributed by atoms with Crippen LogP contribution in [0.1, 0.15) is 13.3 Å². The standard InChI is InChI=1S/C8H9NO2/c1-3-6(2)9-7(10)4-5-8(9)11/h4-5H,2-3H2,1H3. The molecule has 0 aromatic rings. The number of rotatable bonds is 2. The van der Waals surface area contributed by atoms with Gasteiger partial charge in [-0.15, -0.1) is 0 Å². The molecule has 0 unspecified atom stereocenters. The number of carbonyl (C=O) groups is 2. The van der Waals surface area contributed by atoms with E-state index < -0.39 is 0 Å². The first-order valence-corrected chi connectivity index (χ1v) is 3.40. The Hall–Kier alpha value is -1.38. The normalized spacial score (nSPS) is 16.3. The Morgan fingerprint density at radius 2 is 1.91 bits per heavy atom. The van der Waals surface area contributed by atoms with Gasteiger partial charge < -0.3 is 0 Å². The molecule has 58 valence electrons. The van der Waals surface area contributed by atoms with Crippen LogP contribution in [0.3, 0.4) is 0 Å². The number of amides is 2. The van der Waals surface area contributed by atoms with E-state index >= 15 is 0 Å². The van der Waals surface area contributed by atoms with Crippen LogP contribution in [0, 0.1) is 0 Å². The second-order valence-electron chi connectivity index (χ2n) is 2.27. The highest BCUT2D eigenvalue weighted by Crippen LogP contribution is 2.12. The third-order valence-electron chi connectivity index (χ3n) is 1.53. The third kappa shape index (κ3) is 1.22. The SMILES string of the molecule is C=C(CC)N1C(=O)C=CC1=O. The molecule has 0 saturated heterocycles. The molecule has 0 aliphatic carbocycles. The largest absolute Gasteiger partial charge is 0.269 e. The van der Waals surface area contributed by atoms with Crippen molar-refractivity contribution in [3.63, 3.8) is 0 Å². The minimum Gasteiger partial charge on any atom is -0.269 e. The van der Waals surface area contributed by atoms with Crippen molar-refractivity contribution in [1.82, 2.24) is 4.90 Å². The number of nitrogens with zero attached hydrogens (tertiary/aromatic N) is 1. The van der Waals surface area contributed by atoms with Crippen molar-refractivity contribution in [3.8, 4) is 0 Å². The number of hydrogen-bond donors (Lipinski definition) is 0. The Bertz CT molecular complexity index is 235. The van der Waals surface area contributed by atoms with E-state index in [-0.39, 0.29) is 11.8 Å². The van der Waals surface area contributed by atoms with Crippen molar-refractivity contribution < 1.29 is 9.59 Å². The highest BCUT2D eigenvalue weighted by atomic mass is 16.2. The minimum absolute atomic E-state index is 0.290. The molecule has 2 amide bonds. The molecule has 1 aliphatic heterocycles. The summed E-state index contributed by atoms with van der Waals surface area (Å²) in [6.45, 7) is 5.45. The zero-order valence-corrected chi connectivity index (χ0v) is 6.33. The highest BCUT2D eigenvalue weighted by molar-refractivity contribution is 6.14. The van der Waals surface area contributed by atoms with Gasteiger partial charge in [0.1, 0.15) is 0 Å². The molecule has 0 saturated carbocycles. The third-order valence-corrected chi connectivity index (χ3v) is 1.53. The summed E-state index contributed by atoms with van der Waals surface area (Å²) in [5.74, 6) is -0.580. The van der Waals surface area contributed by atoms with Gasteiger partial charge in [0.05, 0.1) is 0 Å². The fourth-order valence-electron chi connectivity index (χ4n) is 0.870. The maximum atomic E-state index is 10.9. The molecule has 0 fully saturated rings. The van der Waals surface area contributed by atoms with E-state index in [4.69, 9.17) is 0 Å². The Morgan fingerprint density at radius 1 is 1.45 bits per heavy atom. The Labute approximate surface area is 65.0 Å².